The fourth-order valence-electron chi connectivity index (χ4n) is 2.45. The van der Waals surface area contributed by atoms with Crippen molar-refractivity contribution in [2.75, 3.05) is 17.2 Å². The highest BCUT2D eigenvalue weighted by molar-refractivity contribution is 6.08. The number of anilines is 2. The highest BCUT2D eigenvalue weighted by Gasteiger charge is 2.28. The second-order valence-corrected chi connectivity index (χ2v) is 4.59. The first-order chi connectivity index (χ1) is 9.58. The number of nitrogen functional groups attached to an aromatic ring is 1. The third-order valence-corrected chi connectivity index (χ3v) is 3.38. The Labute approximate surface area is 114 Å². The van der Waals surface area contributed by atoms with Gasteiger partial charge in [-0.1, -0.05) is 12.1 Å². The number of H-pyrrole nitrogens is 1. The van der Waals surface area contributed by atoms with Crippen LogP contribution in [-0.2, 0) is 6.42 Å². The Hall–Kier alpha value is -2.83. The molecule has 2 heterocycles. The molecule has 0 spiro atoms. The van der Waals surface area contributed by atoms with E-state index in [4.69, 9.17) is 5.73 Å². The summed E-state index contributed by atoms with van der Waals surface area (Å²) in [4.78, 5) is 26.7. The lowest BCUT2D eigenvalue weighted by atomic mass is 10.1. The molecule has 0 radical (unpaired) electrons. The number of rotatable bonds is 2. The summed E-state index contributed by atoms with van der Waals surface area (Å²) in [6.45, 7) is 0.523. The molecule has 0 fully saturated rings. The molecule has 0 bridgehead atoms. The van der Waals surface area contributed by atoms with Gasteiger partial charge in [0.15, 0.2) is 0 Å². The smallest absolute Gasteiger partial charge is 0.287 e. The summed E-state index contributed by atoms with van der Waals surface area (Å²) >= 11 is 0. The van der Waals surface area contributed by atoms with Gasteiger partial charge in [-0.2, -0.15) is 0 Å². The summed E-state index contributed by atoms with van der Waals surface area (Å²) in [5.41, 5.74) is 8.23. The van der Waals surface area contributed by atoms with E-state index in [0.717, 1.165) is 12.0 Å². The summed E-state index contributed by atoms with van der Waals surface area (Å²) in [5, 5.41) is 10.7. The van der Waals surface area contributed by atoms with Crippen LogP contribution >= 0.6 is 0 Å². The molecule has 0 saturated carbocycles. The third kappa shape index (κ3) is 1.80. The van der Waals surface area contributed by atoms with Gasteiger partial charge in [0.1, 0.15) is 5.69 Å². The normalized spacial score (nSPS) is 13.3. The third-order valence-electron chi connectivity index (χ3n) is 3.38. The predicted molar refractivity (Wildman–Crippen MR) is 73.7 cm³/mol. The van der Waals surface area contributed by atoms with Crippen LogP contribution < -0.4 is 10.6 Å². The lowest BCUT2D eigenvalue weighted by molar-refractivity contribution is -0.384. The molecule has 7 nitrogen and oxygen atoms in total. The number of nitrogens with zero attached hydrogens (tertiary/aromatic N) is 2. The maximum absolute atomic E-state index is 12.4. The maximum Gasteiger partial charge on any atom is 0.287 e. The van der Waals surface area contributed by atoms with Crippen molar-refractivity contribution in [2.45, 2.75) is 6.42 Å². The van der Waals surface area contributed by atoms with Crippen molar-refractivity contribution in [1.29, 1.82) is 0 Å². The van der Waals surface area contributed by atoms with Crippen molar-refractivity contribution < 1.29 is 9.72 Å². The molecule has 102 valence electrons. The number of para-hydroxylation sites is 1. The molecular weight excluding hydrogens is 260 g/mol. The molecule has 1 amide bonds. The molecule has 3 rings (SSSR count). The summed E-state index contributed by atoms with van der Waals surface area (Å²) in [5.74, 6) is -0.310. The van der Waals surface area contributed by atoms with Crippen LogP contribution in [0.3, 0.4) is 0 Å². The molecule has 1 aromatic heterocycles. The van der Waals surface area contributed by atoms with Crippen molar-refractivity contribution in [3.63, 3.8) is 0 Å². The molecule has 0 aliphatic carbocycles. The maximum atomic E-state index is 12.4. The Morgan fingerprint density at radius 1 is 1.45 bits per heavy atom. The summed E-state index contributed by atoms with van der Waals surface area (Å²) in [7, 11) is 0. The predicted octanol–water partition coefficient (Wildman–Crippen LogP) is 1.71. The number of nitrogens with one attached hydrogen (secondary N) is 1. The minimum atomic E-state index is -0.542. The second-order valence-electron chi connectivity index (χ2n) is 4.59. The molecule has 1 aromatic carbocycles. The summed E-state index contributed by atoms with van der Waals surface area (Å²) in [6, 6.07) is 6.75. The number of aromatic amines is 1. The lowest BCUT2D eigenvalue weighted by Crippen LogP contribution is -2.29. The van der Waals surface area contributed by atoms with Crippen LogP contribution in [0.15, 0.2) is 30.5 Å². The zero-order chi connectivity index (χ0) is 14.3. The van der Waals surface area contributed by atoms with Crippen LogP contribution in [-0.4, -0.2) is 22.4 Å². The van der Waals surface area contributed by atoms with E-state index in [1.54, 1.807) is 11.0 Å². The van der Waals surface area contributed by atoms with Gasteiger partial charge in [0.2, 0.25) is 0 Å². The van der Waals surface area contributed by atoms with Crippen LogP contribution in [0.1, 0.15) is 16.1 Å². The number of nitro groups is 1. The Morgan fingerprint density at radius 3 is 2.95 bits per heavy atom. The first-order valence-electron chi connectivity index (χ1n) is 6.10. The minimum Gasteiger partial charge on any atom is -0.397 e. The highest BCUT2D eigenvalue weighted by atomic mass is 16.6. The quantitative estimate of drug-likeness (QED) is 0.493. The van der Waals surface area contributed by atoms with Gasteiger partial charge in [-0.15, -0.1) is 0 Å². The number of fused-ring (bicyclic) bond motifs is 1. The molecule has 20 heavy (non-hydrogen) atoms. The van der Waals surface area contributed by atoms with Crippen LogP contribution in [0.25, 0.3) is 0 Å². The topological polar surface area (TPSA) is 105 Å². The molecule has 3 N–H and O–H groups in total. The Morgan fingerprint density at radius 2 is 2.25 bits per heavy atom. The lowest BCUT2D eigenvalue weighted by Gasteiger charge is -2.17. The second kappa shape index (κ2) is 4.37. The Kier molecular flexibility index (Phi) is 2.67. The van der Waals surface area contributed by atoms with Crippen LogP contribution in [0.5, 0.6) is 0 Å². The zero-order valence-electron chi connectivity index (χ0n) is 10.5. The summed E-state index contributed by atoms with van der Waals surface area (Å²) in [6.07, 6.45) is 1.94. The monoisotopic (exact) mass is 272 g/mol. The van der Waals surface area contributed by atoms with Gasteiger partial charge in [0.05, 0.1) is 22.5 Å². The van der Waals surface area contributed by atoms with Crippen molar-refractivity contribution >= 4 is 23.0 Å². The van der Waals surface area contributed by atoms with E-state index in [-0.39, 0.29) is 17.3 Å². The van der Waals surface area contributed by atoms with E-state index in [1.165, 1.54) is 12.3 Å². The average molecular weight is 272 g/mol. The van der Waals surface area contributed by atoms with E-state index in [9.17, 15) is 14.9 Å². The fraction of sp³-hybridized carbons (Fsp3) is 0.154. The van der Waals surface area contributed by atoms with E-state index in [1.807, 2.05) is 12.1 Å². The van der Waals surface area contributed by atoms with Gasteiger partial charge in [0, 0.05) is 12.6 Å². The molecular formula is C13H12N4O3. The van der Waals surface area contributed by atoms with Gasteiger partial charge < -0.3 is 15.6 Å². The Balaban J connectivity index is 1.95. The number of carbonyl (C=O) groups excluding carboxylic acids is 1. The largest absolute Gasteiger partial charge is 0.397 e. The van der Waals surface area contributed by atoms with Crippen LogP contribution in [0, 0.1) is 10.1 Å². The van der Waals surface area contributed by atoms with E-state index >= 15 is 0 Å². The van der Waals surface area contributed by atoms with Crippen LogP contribution in [0.2, 0.25) is 0 Å². The first-order valence-corrected chi connectivity index (χ1v) is 6.10. The number of benzene rings is 1. The van der Waals surface area contributed by atoms with Crippen molar-refractivity contribution in [1.82, 2.24) is 4.98 Å². The molecule has 7 heteroatoms. The summed E-state index contributed by atoms with van der Waals surface area (Å²) < 4.78 is 0. The SMILES string of the molecule is Nc1cccc2c1N(C(=O)c1cc([N+](=O)[O-])c[nH]1)CC2. The minimum absolute atomic E-state index is 0.131. The molecule has 0 atom stereocenters. The van der Waals surface area contributed by atoms with Gasteiger partial charge in [-0.25, -0.2) is 0 Å². The molecule has 0 unspecified atom stereocenters. The first kappa shape index (κ1) is 12.2. The Bertz CT molecular complexity index is 707. The molecule has 2 aromatic rings. The number of aromatic nitrogens is 1. The van der Waals surface area contributed by atoms with Crippen molar-refractivity contribution in [3.05, 3.63) is 51.8 Å². The standard InChI is InChI=1S/C13H12N4O3/c14-10-3-1-2-8-4-5-16(12(8)10)13(18)11-6-9(7-15-11)17(19)20/h1-3,6-7,15H,4-5,14H2. The van der Waals surface area contributed by atoms with Crippen LogP contribution in [0.4, 0.5) is 17.1 Å². The van der Waals surface area contributed by atoms with Gasteiger partial charge in [0.25, 0.3) is 11.6 Å². The fourth-order valence-corrected chi connectivity index (χ4v) is 2.45. The average Bonchev–Trinajstić information content (AvgIpc) is 3.05. The van der Waals surface area contributed by atoms with E-state index < -0.39 is 4.92 Å². The zero-order valence-corrected chi connectivity index (χ0v) is 10.5. The highest BCUT2D eigenvalue weighted by Crippen LogP contribution is 2.34. The number of hydrogen-bond donors (Lipinski definition) is 2. The van der Waals surface area contributed by atoms with E-state index in [0.29, 0.717) is 17.9 Å². The van der Waals surface area contributed by atoms with Gasteiger partial charge in [-0.05, 0) is 18.1 Å². The van der Waals surface area contributed by atoms with Gasteiger partial charge in [-0.3, -0.25) is 14.9 Å². The van der Waals surface area contributed by atoms with Gasteiger partial charge >= 0.3 is 0 Å². The number of carbonyl (C=O) groups is 1. The molecule has 1 aliphatic heterocycles. The molecule has 1 aliphatic rings. The van der Waals surface area contributed by atoms with Crippen molar-refractivity contribution in [2.24, 2.45) is 0 Å². The number of nitrogens with two attached hydrogens (primary N) is 1. The number of hydrogen-bond acceptors (Lipinski definition) is 4. The number of amides is 1. The van der Waals surface area contributed by atoms with Crippen molar-refractivity contribution in [3.8, 4) is 0 Å². The molecule has 0 saturated heterocycles. The van der Waals surface area contributed by atoms with E-state index in [2.05, 4.69) is 4.98 Å².